The van der Waals surface area contributed by atoms with Gasteiger partial charge in [-0.05, 0) is 37.1 Å². The Bertz CT molecular complexity index is 1550. The van der Waals surface area contributed by atoms with E-state index in [1.807, 2.05) is 66.9 Å². The molecule has 1 amide bonds. The Balaban J connectivity index is 1.43. The predicted molar refractivity (Wildman–Crippen MR) is 149 cm³/mol. The number of sulfonamides is 1. The monoisotopic (exact) mass is 568 g/mol. The number of hydrogen-bond acceptors (Lipinski definition) is 4. The van der Waals surface area contributed by atoms with Gasteiger partial charge in [0.1, 0.15) is 4.90 Å². The summed E-state index contributed by atoms with van der Waals surface area (Å²) in [4.78, 5) is 13.1. The quantitative estimate of drug-likeness (QED) is 0.298. The number of amides is 1. The molecule has 0 spiro atoms. The predicted octanol–water partition coefficient (Wildman–Crippen LogP) is 5.95. The summed E-state index contributed by atoms with van der Waals surface area (Å²) in [6.07, 6.45) is 4.43. The summed E-state index contributed by atoms with van der Waals surface area (Å²) in [6.45, 7) is 1.01. The molecule has 1 N–H and O–H groups in total. The maximum Gasteiger partial charge on any atom is 0.253 e. The van der Waals surface area contributed by atoms with Gasteiger partial charge in [-0.2, -0.15) is 9.40 Å². The van der Waals surface area contributed by atoms with Crippen molar-refractivity contribution >= 4 is 39.1 Å². The van der Waals surface area contributed by atoms with Gasteiger partial charge in [0.25, 0.3) is 5.91 Å². The van der Waals surface area contributed by atoms with E-state index < -0.39 is 15.9 Å². The van der Waals surface area contributed by atoms with Gasteiger partial charge in [0.2, 0.25) is 10.0 Å². The molecule has 1 aliphatic rings. The lowest BCUT2D eigenvalue weighted by Gasteiger charge is -2.26. The molecule has 0 aliphatic carbocycles. The van der Waals surface area contributed by atoms with E-state index in [9.17, 15) is 13.2 Å². The number of para-hydroxylation sites is 1. The molecule has 10 heteroatoms. The van der Waals surface area contributed by atoms with Crippen LogP contribution in [0.4, 0.5) is 0 Å². The Labute approximate surface area is 232 Å². The summed E-state index contributed by atoms with van der Waals surface area (Å²) in [5.74, 6) is -0.506. The van der Waals surface area contributed by atoms with Gasteiger partial charge in [-0.25, -0.2) is 13.1 Å². The highest BCUT2D eigenvalue weighted by molar-refractivity contribution is 7.89. The Morgan fingerprint density at radius 2 is 1.55 bits per heavy atom. The Morgan fingerprint density at radius 1 is 0.895 bits per heavy atom. The first-order chi connectivity index (χ1) is 18.3. The van der Waals surface area contributed by atoms with Crippen LogP contribution < -0.4 is 5.32 Å². The fraction of sp³-hybridized carbons (Fsp3) is 0.214. The van der Waals surface area contributed by atoms with Crippen LogP contribution in [-0.2, 0) is 16.6 Å². The second-order valence-electron chi connectivity index (χ2n) is 9.06. The van der Waals surface area contributed by atoms with E-state index in [4.69, 9.17) is 28.3 Å². The SMILES string of the molecule is O=C(NCc1cn(-c2ccccc2)nc1-c1ccccc1)c1cc(S(=O)(=O)N2CCCCC2)c(Cl)cc1Cl. The molecule has 3 aromatic carbocycles. The van der Waals surface area contributed by atoms with Crippen LogP contribution in [0.5, 0.6) is 0 Å². The highest BCUT2D eigenvalue weighted by Crippen LogP contribution is 2.32. The Morgan fingerprint density at radius 3 is 2.24 bits per heavy atom. The third-order valence-corrected chi connectivity index (χ3v) is 9.17. The molecule has 1 aliphatic heterocycles. The molecule has 1 saturated heterocycles. The molecule has 0 saturated carbocycles. The minimum absolute atomic E-state index is 0.00683. The van der Waals surface area contributed by atoms with Crippen LogP contribution in [0.1, 0.15) is 35.2 Å². The maximum atomic E-state index is 13.3. The van der Waals surface area contributed by atoms with Crippen LogP contribution in [0.2, 0.25) is 10.0 Å². The topological polar surface area (TPSA) is 84.3 Å². The van der Waals surface area contributed by atoms with Crippen molar-refractivity contribution < 1.29 is 13.2 Å². The molecule has 38 heavy (non-hydrogen) atoms. The largest absolute Gasteiger partial charge is 0.348 e. The van der Waals surface area contributed by atoms with Crippen molar-refractivity contribution in [3.63, 3.8) is 0 Å². The van der Waals surface area contributed by atoms with Crippen molar-refractivity contribution in [1.29, 1.82) is 0 Å². The number of hydrogen-bond donors (Lipinski definition) is 1. The lowest BCUT2D eigenvalue weighted by atomic mass is 10.1. The Hall–Kier alpha value is -3.17. The molecule has 0 atom stereocenters. The van der Waals surface area contributed by atoms with Gasteiger partial charge in [-0.3, -0.25) is 4.79 Å². The summed E-state index contributed by atoms with van der Waals surface area (Å²) in [6, 6.07) is 22.0. The fourth-order valence-corrected chi connectivity index (χ4v) is 6.86. The van der Waals surface area contributed by atoms with Gasteiger partial charge in [0, 0.05) is 37.0 Å². The zero-order chi connectivity index (χ0) is 26.7. The highest BCUT2D eigenvalue weighted by atomic mass is 35.5. The summed E-state index contributed by atoms with van der Waals surface area (Å²) >= 11 is 12.7. The van der Waals surface area contributed by atoms with Crippen molar-refractivity contribution in [2.45, 2.75) is 30.7 Å². The number of benzene rings is 3. The number of nitrogens with one attached hydrogen (secondary N) is 1. The number of piperidine rings is 1. The van der Waals surface area contributed by atoms with Gasteiger partial charge in [0.15, 0.2) is 0 Å². The van der Waals surface area contributed by atoms with E-state index >= 15 is 0 Å². The molecule has 0 radical (unpaired) electrons. The molecule has 0 unspecified atom stereocenters. The molecular weight excluding hydrogens is 543 g/mol. The number of aromatic nitrogens is 2. The van der Waals surface area contributed by atoms with Gasteiger partial charge in [-0.15, -0.1) is 0 Å². The van der Waals surface area contributed by atoms with Crippen LogP contribution in [0.25, 0.3) is 16.9 Å². The Kier molecular flexibility index (Phi) is 7.85. The average Bonchev–Trinajstić information content (AvgIpc) is 3.37. The van der Waals surface area contributed by atoms with Crippen LogP contribution in [-0.4, -0.2) is 41.5 Å². The second kappa shape index (κ2) is 11.3. The van der Waals surface area contributed by atoms with E-state index in [1.54, 1.807) is 4.68 Å². The van der Waals surface area contributed by atoms with Crippen LogP contribution in [0, 0.1) is 0 Å². The fourth-order valence-electron chi connectivity index (χ4n) is 4.51. The highest BCUT2D eigenvalue weighted by Gasteiger charge is 2.30. The van der Waals surface area contributed by atoms with Crippen molar-refractivity contribution in [2.24, 2.45) is 0 Å². The molecule has 1 fully saturated rings. The summed E-state index contributed by atoms with van der Waals surface area (Å²) in [5, 5.41) is 7.72. The molecule has 7 nitrogen and oxygen atoms in total. The number of carbonyl (C=O) groups is 1. The zero-order valence-electron chi connectivity index (χ0n) is 20.5. The van der Waals surface area contributed by atoms with E-state index in [0.29, 0.717) is 13.1 Å². The third kappa shape index (κ3) is 5.49. The lowest BCUT2D eigenvalue weighted by molar-refractivity contribution is 0.0951. The third-order valence-electron chi connectivity index (χ3n) is 6.50. The first kappa shape index (κ1) is 26.4. The molecule has 5 rings (SSSR count). The standard InChI is InChI=1S/C28H26Cl2N4O3S/c29-24-17-25(30)26(38(36,37)33-14-8-3-9-15-33)16-23(24)28(35)31-18-21-19-34(22-12-6-2-7-13-22)32-27(21)20-10-4-1-5-11-20/h1-2,4-7,10-13,16-17,19H,3,8-9,14-15,18H2,(H,31,35). The van der Waals surface area contributed by atoms with E-state index in [1.165, 1.54) is 16.4 Å². The molecule has 1 aromatic heterocycles. The molecule has 2 heterocycles. The molecule has 4 aromatic rings. The molecule has 196 valence electrons. The number of halogens is 2. The lowest BCUT2D eigenvalue weighted by Crippen LogP contribution is -2.36. The van der Waals surface area contributed by atoms with E-state index in [2.05, 4.69) is 5.32 Å². The van der Waals surface area contributed by atoms with Crippen molar-refractivity contribution in [2.75, 3.05) is 13.1 Å². The van der Waals surface area contributed by atoms with Gasteiger partial charge in [-0.1, -0.05) is 78.2 Å². The van der Waals surface area contributed by atoms with E-state index in [0.717, 1.165) is 41.8 Å². The maximum absolute atomic E-state index is 13.3. The smallest absolute Gasteiger partial charge is 0.253 e. The number of nitrogens with zero attached hydrogens (tertiary/aromatic N) is 3. The first-order valence-electron chi connectivity index (χ1n) is 12.3. The zero-order valence-corrected chi connectivity index (χ0v) is 22.8. The first-order valence-corrected chi connectivity index (χ1v) is 14.5. The summed E-state index contributed by atoms with van der Waals surface area (Å²) in [5.41, 5.74) is 3.36. The van der Waals surface area contributed by atoms with Gasteiger partial charge < -0.3 is 5.32 Å². The van der Waals surface area contributed by atoms with E-state index in [-0.39, 0.29) is 27.0 Å². The second-order valence-corrected chi connectivity index (χ2v) is 11.8. The minimum Gasteiger partial charge on any atom is -0.348 e. The van der Waals surface area contributed by atoms with Crippen LogP contribution in [0.3, 0.4) is 0 Å². The summed E-state index contributed by atoms with van der Waals surface area (Å²) in [7, 11) is -3.85. The van der Waals surface area contributed by atoms with Gasteiger partial charge >= 0.3 is 0 Å². The van der Waals surface area contributed by atoms with Crippen LogP contribution >= 0.6 is 23.2 Å². The van der Waals surface area contributed by atoms with Crippen LogP contribution in [0.15, 0.2) is 83.9 Å². The average molecular weight is 570 g/mol. The number of carbonyl (C=O) groups excluding carboxylic acids is 1. The molecule has 0 bridgehead atoms. The van der Waals surface area contributed by atoms with Crippen molar-refractivity contribution in [3.8, 4) is 16.9 Å². The van der Waals surface area contributed by atoms with Crippen molar-refractivity contribution in [1.82, 2.24) is 19.4 Å². The van der Waals surface area contributed by atoms with Crippen molar-refractivity contribution in [3.05, 3.63) is 100 Å². The molecular formula is C28H26Cl2N4O3S. The summed E-state index contributed by atoms with van der Waals surface area (Å²) < 4.78 is 29.7. The minimum atomic E-state index is -3.85. The van der Waals surface area contributed by atoms with Gasteiger partial charge in [0.05, 0.1) is 27.0 Å². The normalized spacial score (nSPS) is 14.4. The number of rotatable bonds is 7.